The number of hydrogen-bond acceptors (Lipinski definition) is 2. The molecule has 3 nitrogen and oxygen atoms in total. The van der Waals surface area contributed by atoms with Crippen molar-refractivity contribution < 1.29 is 9.57 Å². The average Bonchev–Trinajstić information content (AvgIpc) is 1.89. The standard InChI is InChI=1S/C6H14NO2/c1-3-5-8-6-9-7-4-2/h3-6H2,1-2H3. The van der Waals surface area contributed by atoms with Crippen LogP contribution in [0.15, 0.2) is 0 Å². The molecule has 0 bridgehead atoms. The summed E-state index contributed by atoms with van der Waals surface area (Å²) >= 11 is 0. The lowest BCUT2D eigenvalue weighted by Gasteiger charge is -2.00. The summed E-state index contributed by atoms with van der Waals surface area (Å²) in [5.74, 6) is 0. The van der Waals surface area contributed by atoms with Gasteiger partial charge in [-0.2, -0.15) is 0 Å². The highest BCUT2D eigenvalue weighted by Gasteiger charge is 1.83. The fraction of sp³-hybridized carbons (Fsp3) is 1.00. The molecule has 0 N–H and O–H groups in total. The Labute approximate surface area is 56.3 Å². The van der Waals surface area contributed by atoms with Gasteiger partial charge < -0.3 is 4.74 Å². The number of hydroxylamine groups is 1. The van der Waals surface area contributed by atoms with Gasteiger partial charge in [0.1, 0.15) is 0 Å². The number of hydrogen-bond donors (Lipinski definition) is 0. The summed E-state index contributed by atoms with van der Waals surface area (Å²) < 4.78 is 4.97. The van der Waals surface area contributed by atoms with Gasteiger partial charge in [-0.25, -0.2) is 0 Å². The van der Waals surface area contributed by atoms with Gasteiger partial charge in [-0.1, -0.05) is 12.4 Å². The Balaban J connectivity index is 2.60. The minimum absolute atomic E-state index is 0.293. The maximum Gasteiger partial charge on any atom is 0.168 e. The molecule has 0 aliphatic carbocycles. The number of nitrogens with zero attached hydrogens (tertiary/aromatic N) is 1. The van der Waals surface area contributed by atoms with E-state index in [1.54, 1.807) is 0 Å². The third kappa shape index (κ3) is 7.88. The molecule has 0 heterocycles. The SMILES string of the molecule is CCCOCO[N]CC. The molecule has 0 amide bonds. The van der Waals surface area contributed by atoms with E-state index < -0.39 is 0 Å². The van der Waals surface area contributed by atoms with Gasteiger partial charge in [-0.05, 0) is 13.3 Å². The van der Waals surface area contributed by atoms with Crippen molar-refractivity contribution in [1.29, 1.82) is 0 Å². The highest BCUT2D eigenvalue weighted by molar-refractivity contribution is 4.19. The summed E-state index contributed by atoms with van der Waals surface area (Å²) in [6.07, 6.45) is 1.02. The molecule has 0 aromatic heterocycles. The van der Waals surface area contributed by atoms with Gasteiger partial charge in [0.15, 0.2) is 6.79 Å². The van der Waals surface area contributed by atoms with E-state index >= 15 is 0 Å². The molecule has 9 heavy (non-hydrogen) atoms. The summed E-state index contributed by atoms with van der Waals surface area (Å²) in [4.78, 5) is 4.69. The molecule has 0 saturated carbocycles. The van der Waals surface area contributed by atoms with Gasteiger partial charge in [0.25, 0.3) is 0 Å². The van der Waals surface area contributed by atoms with Crippen LogP contribution in [0.2, 0.25) is 0 Å². The van der Waals surface area contributed by atoms with Crippen molar-refractivity contribution >= 4 is 0 Å². The Bertz CT molecular complexity index is 44.3. The van der Waals surface area contributed by atoms with Crippen molar-refractivity contribution in [2.75, 3.05) is 19.9 Å². The topological polar surface area (TPSA) is 32.6 Å². The van der Waals surface area contributed by atoms with E-state index in [0.29, 0.717) is 13.3 Å². The molecule has 0 aliphatic rings. The van der Waals surface area contributed by atoms with Crippen molar-refractivity contribution in [3.8, 4) is 0 Å². The average molecular weight is 132 g/mol. The van der Waals surface area contributed by atoms with Crippen LogP contribution in [0.4, 0.5) is 0 Å². The quantitative estimate of drug-likeness (QED) is 0.306. The normalized spacial score (nSPS) is 10.0. The van der Waals surface area contributed by atoms with E-state index in [-0.39, 0.29) is 0 Å². The predicted molar refractivity (Wildman–Crippen MR) is 34.9 cm³/mol. The van der Waals surface area contributed by atoms with Crippen molar-refractivity contribution in [2.45, 2.75) is 20.3 Å². The van der Waals surface area contributed by atoms with E-state index in [1.165, 1.54) is 0 Å². The first-order chi connectivity index (χ1) is 4.41. The largest absolute Gasteiger partial charge is 0.353 e. The van der Waals surface area contributed by atoms with Crippen molar-refractivity contribution in [2.24, 2.45) is 0 Å². The first-order valence-corrected chi connectivity index (χ1v) is 3.28. The van der Waals surface area contributed by atoms with Crippen LogP contribution in [0.3, 0.4) is 0 Å². The van der Waals surface area contributed by atoms with Crippen LogP contribution in [0, 0.1) is 0 Å². The second-order valence-electron chi connectivity index (χ2n) is 1.60. The molecular weight excluding hydrogens is 118 g/mol. The van der Waals surface area contributed by atoms with Crippen LogP contribution in [-0.2, 0) is 9.57 Å². The van der Waals surface area contributed by atoms with Crippen molar-refractivity contribution in [3.63, 3.8) is 0 Å². The summed E-state index contributed by atoms with van der Waals surface area (Å²) in [6, 6.07) is 0. The maximum atomic E-state index is 4.97. The Kier molecular flexibility index (Phi) is 7.77. The molecule has 0 fully saturated rings. The highest BCUT2D eigenvalue weighted by Crippen LogP contribution is 1.79. The second-order valence-corrected chi connectivity index (χ2v) is 1.60. The van der Waals surface area contributed by atoms with Gasteiger partial charge in [-0.15, -0.1) is 0 Å². The molecule has 0 atom stereocenters. The molecule has 55 valence electrons. The molecule has 0 unspecified atom stereocenters. The van der Waals surface area contributed by atoms with E-state index in [1.807, 2.05) is 6.92 Å². The van der Waals surface area contributed by atoms with Crippen molar-refractivity contribution in [3.05, 3.63) is 0 Å². The fourth-order valence-electron chi connectivity index (χ4n) is 0.369. The molecule has 0 aromatic rings. The molecular formula is C6H14NO2. The summed E-state index contributed by atoms with van der Waals surface area (Å²) in [5.41, 5.74) is 3.62. The van der Waals surface area contributed by atoms with Gasteiger partial charge in [-0.3, -0.25) is 4.84 Å². The molecule has 0 spiro atoms. The number of ether oxygens (including phenoxy) is 1. The van der Waals surface area contributed by atoms with Gasteiger partial charge in [0.05, 0.1) is 0 Å². The Morgan fingerprint density at radius 2 is 2.11 bits per heavy atom. The lowest BCUT2D eigenvalue weighted by Crippen LogP contribution is -2.09. The smallest absolute Gasteiger partial charge is 0.168 e. The summed E-state index contributed by atoms with van der Waals surface area (Å²) in [6.45, 7) is 5.70. The monoisotopic (exact) mass is 132 g/mol. The Hall–Kier alpha value is -0.120. The van der Waals surface area contributed by atoms with Crippen LogP contribution in [0.5, 0.6) is 0 Å². The highest BCUT2D eigenvalue weighted by atomic mass is 16.7. The van der Waals surface area contributed by atoms with Gasteiger partial charge in [0.2, 0.25) is 0 Å². The van der Waals surface area contributed by atoms with Gasteiger partial charge in [0, 0.05) is 13.2 Å². The zero-order valence-corrected chi connectivity index (χ0v) is 6.09. The third-order valence-corrected chi connectivity index (χ3v) is 0.705. The first kappa shape index (κ1) is 8.88. The Morgan fingerprint density at radius 3 is 2.67 bits per heavy atom. The van der Waals surface area contributed by atoms with Crippen LogP contribution in [0.25, 0.3) is 0 Å². The predicted octanol–water partition coefficient (Wildman–Crippen LogP) is 0.926. The van der Waals surface area contributed by atoms with Crippen LogP contribution < -0.4 is 5.48 Å². The maximum absolute atomic E-state index is 4.97. The second kappa shape index (κ2) is 7.88. The molecule has 0 aliphatic heterocycles. The zero-order chi connectivity index (χ0) is 6.95. The summed E-state index contributed by atoms with van der Waals surface area (Å²) in [7, 11) is 0. The third-order valence-electron chi connectivity index (χ3n) is 0.705. The summed E-state index contributed by atoms with van der Waals surface area (Å²) in [5, 5.41) is 0. The molecule has 1 radical (unpaired) electrons. The minimum Gasteiger partial charge on any atom is -0.353 e. The Morgan fingerprint density at radius 1 is 1.33 bits per heavy atom. The zero-order valence-electron chi connectivity index (χ0n) is 6.09. The minimum atomic E-state index is 0.293. The number of rotatable bonds is 6. The van der Waals surface area contributed by atoms with E-state index in [9.17, 15) is 0 Å². The first-order valence-electron chi connectivity index (χ1n) is 3.28. The van der Waals surface area contributed by atoms with E-state index in [2.05, 4.69) is 17.2 Å². The van der Waals surface area contributed by atoms with E-state index in [4.69, 9.17) is 4.74 Å². The molecule has 0 aromatic carbocycles. The fourth-order valence-corrected chi connectivity index (χ4v) is 0.369. The van der Waals surface area contributed by atoms with Crippen LogP contribution in [0.1, 0.15) is 20.3 Å². The van der Waals surface area contributed by atoms with E-state index in [0.717, 1.165) is 13.0 Å². The molecule has 3 heteroatoms. The van der Waals surface area contributed by atoms with Crippen LogP contribution in [-0.4, -0.2) is 19.9 Å². The van der Waals surface area contributed by atoms with Crippen molar-refractivity contribution in [1.82, 2.24) is 5.48 Å². The lowest BCUT2D eigenvalue weighted by molar-refractivity contribution is -0.102. The molecule has 0 rings (SSSR count). The van der Waals surface area contributed by atoms with Gasteiger partial charge >= 0.3 is 0 Å². The van der Waals surface area contributed by atoms with Crippen LogP contribution >= 0.6 is 0 Å². The lowest BCUT2D eigenvalue weighted by atomic mass is 10.5. The molecule has 0 saturated heterocycles.